The van der Waals surface area contributed by atoms with E-state index in [-0.39, 0.29) is 0 Å². The minimum absolute atomic E-state index is 0.407. The molecule has 5 nitrogen and oxygen atoms in total. The van der Waals surface area contributed by atoms with Gasteiger partial charge in [-0.2, -0.15) is 0 Å². The van der Waals surface area contributed by atoms with Crippen molar-refractivity contribution in [1.29, 1.82) is 0 Å². The van der Waals surface area contributed by atoms with Crippen LogP contribution in [-0.2, 0) is 6.42 Å². The first kappa shape index (κ1) is 15.2. The SMILES string of the molecule is CCc1cc2cc3cc(OC)cc(OC)c3c(OC)c2c(=O)o1. The molecule has 5 heteroatoms. The van der Waals surface area contributed by atoms with Crippen LogP contribution in [0.2, 0.25) is 0 Å². The molecule has 3 rings (SSSR count). The quantitative estimate of drug-likeness (QED) is 0.689. The van der Waals surface area contributed by atoms with E-state index in [2.05, 4.69) is 0 Å². The average Bonchev–Trinajstić information content (AvgIpc) is 2.58. The number of hydrogen-bond acceptors (Lipinski definition) is 5. The first-order valence-electron chi connectivity index (χ1n) is 7.32. The van der Waals surface area contributed by atoms with Crippen molar-refractivity contribution in [2.75, 3.05) is 21.3 Å². The molecule has 0 bridgehead atoms. The van der Waals surface area contributed by atoms with Crippen LogP contribution in [0, 0.1) is 0 Å². The summed E-state index contributed by atoms with van der Waals surface area (Å²) in [5.74, 6) is 2.35. The van der Waals surface area contributed by atoms with Gasteiger partial charge in [0.1, 0.15) is 28.4 Å². The Hall–Kier alpha value is -2.69. The molecule has 0 saturated heterocycles. The van der Waals surface area contributed by atoms with E-state index in [1.807, 2.05) is 25.1 Å². The van der Waals surface area contributed by atoms with E-state index in [0.717, 1.165) is 16.2 Å². The summed E-state index contributed by atoms with van der Waals surface area (Å²) in [6, 6.07) is 7.44. The van der Waals surface area contributed by atoms with E-state index in [9.17, 15) is 4.79 Å². The highest BCUT2D eigenvalue weighted by atomic mass is 16.5. The topological polar surface area (TPSA) is 57.9 Å². The fourth-order valence-corrected chi connectivity index (χ4v) is 2.82. The molecule has 0 N–H and O–H groups in total. The smallest absolute Gasteiger partial charge is 0.347 e. The maximum Gasteiger partial charge on any atom is 0.347 e. The van der Waals surface area contributed by atoms with Gasteiger partial charge in [-0.15, -0.1) is 0 Å². The molecule has 0 aliphatic rings. The summed E-state index contributed by atoms with van der Waals surface area (Å²) in [4.78, 5) is 12.4. The van der Waals surface area contributed by atoms with Crippen molar-refractivity contribution in [3.63, 3.8) is 0 Å². The Kier molecular flexibility index (Phi) is 3.86. The highest BCUT2D eigenvalue weighted by molar-refractivity contribution is 6.08. The number of benzene rings is 2. The van der Waals surface area contributed by atoms with Crippen LogP contribution in [0.15, 0.2) is 33.5 Å². The van der Waals surface area contributed by atoms with Crippen molar-refractivity contribution in [2.24, 2.45) is 0 Å². The van der Waals surface area contributed by atoms with Crippen molar-refractivity contribution in [2.45, 2.75) is 13.3 Å². The number of fused-ring (bicyclic) bond motifs is 2. The molecule has 0 aliphatic heterocycles. The summed E-state index contributed by atoms with van der Waals surface area (Å²) in [7, 11) is 4.70. The average molecular weight is 314 g/mol. The number of methoxy groups -OCH3 is 3. The molecule has 0 radical (unpaired) electrons. The van der Waals surface area contributed by atoms with Gasteiger partial charge in [0.25, 0.3) is 0 Å². The Morgan fingerprint density at radius 3 is 2.26 bits per heavy atom. The molecule has 120 valence electrons. The third-order valence-electron chi connectivity index (χ3n) is 3.91. The van der Waals surface area contributed by atoms with Crippen molar-refractivity contribution in [3.8, 4) is 17.2 Å². The second-order valence-corrected chi connectivity index (χ2v) is 5.16. The Balaban J connectivity index is 2.54. The van der Waals surface area contributed by atoms with Crippen molar-refractivity contribution < 1.29 is 18.6 Å². The predicted molar refractivity (Wildman–Crippen MR) is 89.0 cm³/mol. The molecule has 0 fully saturated rings. The van der Waals surface area contributed by atoms with Crippen molar-refractivity contribution in [1.82, 2.24) is 0 Å². The minimum atomic E-state index is -0.407. The number of aryl methyl sites for hydroxylation is 1. The molecular formula is C18H18O5. The zero-order valence-corrected chi connectivity index (χ0v) is 13.6. The Bertz CT molecular complexity index is 940. The zero-order chi connectivity index (χ0) is 16.6. The summed E-state index contributed by atoms with van der Waals surface area (Å²) < 4.78 is 21.7. The molecule has 0 aliphatic carbocycles. The molecule has 0 atom stereocenters. The third-order valence-corrected chi connectivity index (χ3v) is 3.91. The van der Waals surface area contributed by atoms with Gasteiger partial charge < -0.3 is 18.6 Å². The van der Waals surface area contributed by atoms with E-state index < -0.39 is 5.63 Å². The fourth-order valence-electron chi connectivity index (χ4n) is 2.82. The van der Waals surface area contributed by atoms with Gasteiger partial charge in [-0.1, -0.05) is 6.92 Å². The van der Waals surface area contributed by atoms with Gasteiger partial charge >= 0.3 is 5.63 Å². The van der Waals surface area contributed by atoms with Gasteiger partial charge in [-0.3, -0.25) is 0 Å². The van der Waals surface area contributed by atoms with Crippen LogP contribution >= 0.6 is 0 Å². The van der Waals surface area contributed by atoms with Crippen molar-refractivity contribution in [3.05, 3.63) is 40.4 Å². The second kappa shape index (κ2) is 5.83. The van der Waals surface area contributed by atoms with E-state index in [1.165, 1.54) is 7.11 Å². The standard InChI is InChI=1S/C18H18O5/c1-5-12-7-11-6-10-8-13(20-2)9-14(21-3)15(10)17(22-4)16(11)18(19)23-12/h6-9H,5H2,1-4H3. The maximum atomic E-state index is 12.4. The van der Waals surface area contributed by atoms with Gasteiger partial charge in [0.15, 0.2) is 0 Å². The lowest BCUT2D eigenvalue weighted by Crippen LogP contribution is -2.05. The Morgan fingerprint density at radius 1 is 0.913 bits per heavy atom. The molecular weight excluding hydrogens is 296 g/mol. The number of hydrogen-bond donors (Lipinski definition) is 0. The van der Waals surface area contributed by atoms with Gasteiger partial charge in [-0.05, 0) is 29.0 Å². The van der Waals surface area contributed by atoms with E-state index in [1.54, 1.807) is 20.3 Å². The lowest BCUT2D eigenvalue weighted by atomic mass is 10.0. The van der Waals surface area contributed by atoms with Crippen molar-refractivity contribution >= 4 is 21.5 Å². The molecule has 2 aromatic carbocycles. The van der Waals surface area contributed by atoms with Gasteiger partial charge in [-0.25, -0.2) is 4.79 Å². The van der Waals surface area contributed by atoms with E-state index in [0.29, 0.717) is 34.8 Å². The van der Waals surface area contributed by atoms with Crippen LogP contribution in [0.5, 0.6) is 17.2 Å². The molecule has 0 unspecified atom stereocenters. The molecule has 0 saturated carbocycles. The highest BCUT2D eigenvalue weighted by Crippen LogP contribution is 2.41. The maximum absolute atomic E-state index is 12.4. The summed E-state index contributed by atoms with van der Waals surface area (Å²) in [6.45, 7) is 1.94. The van der Waals surface area contributed by atoms with Crippen LogP contribution in [0.25, 0.3) is 21.5 Å². The fraction of sp³-hybridized carbons (Fsp3) is 0.278. The molecule has 3 aromatic rings. The van der Waals surface area contributed by atoms with Crippen LogP contribution in [0.4, 0.5) is 0 Å². The largest absolute Gasteiger partial charge is 0.497 e. The van der Waals surface area contributed by atoms with E-state index >= 15 is 0 Å². The van der Waals surface area contributed by atoms with Crippen LogP contribution in [0.3, 0.4) is 0 Å². The van der Waals surface area contributed by atoms with Crippen LogP contribution in [0.1, 0.15) is 12.7 Å². The summed E-state index contributed by atoms with van der Waals surface area (Å²) in [5.41, 5.74) is -0.407. The molecule has 0 spiro atoms. The lowest BCUT2D eigenvalue weighted by Gasteiger charge is -2.14. The highest BCUT2D eigenvalue weighted by Gasteiger charge is 2.18. The van der Waals surface area contributed by atoms with Crippen LogP contribution < -0.4 is 19.8 Å². The van der Waals surface area contributed by atoms with Crippen LogP contribution in [-0.4, -0.2) is 21.3 Å². The Morgan fingerprint density at radius 2 is 1.65 bits per heavy atom. The van der Waals surface area contributed by atoms with Gasteiger partial charge in [0, 0.05) is 12.5 Å². The minimum Gasteiger partial charge on any atom is -0.497 e. The first-order valence-corrected chi connectivity index (χ1v) is 7.32. The monoisotopic (exact) mass is 314 g/mol. The molecule has 1 aromatic heterocycles. The summed E-state index contributed by atoms with van der Waals surface area (Å²) >= 11 is 0. The van der Waals surface area contributed by atoms with Gasteiger partial charge in [0.2, 0.25) is 0 Å². The lowest BCUT2D eigenvalue weighted by molar-refractivity contribution is 0.393. The first-order chi connectivity index (χ1) is 11.1. The van der Waals surface area contributed by atoms with E-state index in [4.69, 9.17) is 18.6 Å². The number of rotatable bonds is 4. The number of ether oxygens (including phenoxy) is 3. The predicted octanol–water partition coefficient (Wildman–Crippen LogP) is 3.53. The zero-order valence-electron chi connectivity index (χ0n) is 13.6. The molecule has 0 amide bonds. The Labute approximate surface area is 133 Å². The summed E-state index contributed by atoms with van der Waals surface area (Å²) in [5, 5.41) is 2.79. The molecule has 1 heterocycles. The normalized spacial score (nSPS) is 11.0. The summed E-state index contributed by atoms with van der Waals surface area (Å²) in [6.07, 6.45) is 0.646. The molecule has 23 heavy (non-hydrogen) atoms. The second-order valence-electron chi connectivity index (χ2n) is 5.16. The third kappa shape index (κ3) is 2.38. The van der Waals surface area contributed by atoms with Gasteiger partial charge in [0.05, 0.1) is 26.7 Å².